The molecule has 0 spiro atoms. The summed E-state index contributed by atoms with van der Waals surface area (Å²) >= 11 is 0. The van der Waals surface area contributed by atoms with Gasteiger partial charge in [0, 0.05) is 11.3 Å². The summed E-state index contributed by atoms with van der Waals surface area (Å²) in [5, 5.41) is 13.6. The van der Waals surface area contributed by atoms with Crippen LogP contribution >= 0.6 is 0 Å². The lowest BCUT2D eigenvalue weighted by molar-refractivity contribution is -0.119. The minimum absolute atomic E-state index is 0.174. The Hall–Kier alpha value is -4.52. The number of imide groups is 1. The van der Waals surface area contributed by atoms with E-state index in [9.17, 15) is 9.59 Å². The number of hydrogen-bond acceptors (Lipinski definition) is 5. The van der Waals surface area contributed by atoms with E-state index in [1.807, 2.05) is 0 Å². The Morgan fingerprint density at radius 1 is 1.23 bits per heavy atom. The van der Waals surface area contributed by atoms with E-state index in [4.69, 9.17) is 5.73 Å². The normalized spacial score (nSPS) is 16.6. The molecule has 10 nitrogen and oxygen atoms in total. The Balaban J connectivity index is 1.60. The molecule has 4 N–H and O–H groups in total. The number of aromatic amines is 1. The highest BCUT2D eigenvalue weighted by atomic mass is 16.2. The molecule has 1 aromatic heterocycles. The molecule has 2 heterocycles. The number of hydrogen-bond donors (Lipinski definition) is 3. The summed E-state index contributed by atoms with van der Waals surface area (Å²) in [7, 11) is 0. The number of carbonyl (C=O) groups is 2. The number of nitrogens with zero attached hydrogens (tertiary/aromatic N) is 5. The van der Waals surface area contributed by atoms with Crippen molar-refractivity contribution in [1.29, 1.82) is 0 Å². The number of anilines is 1. The van der Waals surface area contributed by atoms with Crippen LogP contribution in [-0.4, -0.2) is 34.3 Å². The van der Waals surface area contributed by atoms with E-state index in [0.717, 1.165) is 11.0 Å². The highest BCUT2D eigenvalue weighted by Gasteiger charge is 2.40. The monoisotopic (exact) mass is 414 g/mol. The van der Waals surface area contributed by atoms with Crippen molar-refractivity contribution in [3.8, 4) is 11.8 Å². The molecule has 0 saturated carbocycles. The van der Waals surface area contributed by atoms with Gasteiger partial charge in [-0.25, -0.2) is 9.78 Å². The van der Waals surface area contributed by atoms with Crippen molar-refractivity contribution in [2.45, 2.75) is 13.0 Å². The summed E-state index contributed by atoms with van der Waals surface area (Å²) in [4.78, 5) is 33.7. The number of H-pyrrole nitrogens is 1. The molecule has 1 saturated heterocycles. The Kier molecular flexibility index (Phi) is 5.40. The first-order valence-electron chi connectivity index (χ1n) is 9.35. The van der Waals surface area contributed by atoms with Crippen LogP contribution in [0.25, 0.3) is 11.0 Å². The quantitative estimate of drug-likeness (QED) is 0.147. The topological polar surface area (TPSA) is 141 Å². The summed E-state index contributed by atoms with van der Waals surface area (Å²) in [6.07, 6.45) is 1.57. The third-order valence-corrected chi connectivity index (χ3v) is 4.70. The van der Waals surface area contributed by atoms with E-state index < -0.39 is 18.0 Å². The van der Waals surface area contributed by atoms with Crippen molar-refractivity contribution in [2.75, 3.05) is 11.4 Å². The average molecular weight is 414 g/mol. The number of nitrogens with one attached hydrogen (secondary N) is 2. The fraction of sp³-hybridized carbons (Fsp3) is 0.143. The molecule has 1 aliphatic heterocycles. The van der Waals surface area contributed by atoms with Crippen molar-refractivity contribution in [3.63, 3.8) is 0 Å². The van der Waals surface area contributed by atoms with Crippen LogP contribution in [0.15, 0.2) is 64.2 Å². The lowest BCUT2D eigenvalue weighted by Crippen LogP contribution is -2.29. The Bertz CT molecular complexity index is 1260. The van der Waals surface area contributed by atoms with Gasteiger partial charge in [0.2, 0.25) is 0 Å². The average Bonchev–Trinajstić information content (AvgIpc) is 3.36. The Morgan fingerprint density at radius 3 is 2.81 bits per heavy atom. The highest BCUT2D eigenvalue weighted by molar-refractivity contribution is 6.15. The summed E-state index contributed by atoms with van der Waals surface area (Å²) in [6, 6.07) is 10.9. The van der Waals surface area contributed by atoms with Gasteiger partial charge >= 0.3 is 6.03 Å². The zero-order chi connectivity index (χ0) is 21.8. The lowest BCUT2D eigenvalue weighted by atomic mass is 10.0. The van der Waals surface area contributed by atoms with Crippen molar-refractivity contribution >= 4 is 34.5 Å². The maximum atomic E-state index is 12.5. The molecule has 1 unspecified atom stereocenters. The summed E-state index contributed by atoms with van der Waals surface area (Å²) in [6.45, 7) is 1.96. The van der Waals surface area contributed by atoms with Gasteiger partial charge in [0.1, 0.15) is 12.6 Å². The molecule has 1 aliphatic rings. The minimum Gasteiger partial charge on any atom is -0.382 e. The second-order valence-electron chi connectivity index (χ2n) is 6.59. The van der Waals surface area contributed by atoms with Gasteiger partial charge in [-0.05, 0) is 35.9 Å². The molecule has 154 valence electrons. The van der Waals surface area contributed by atoms with E-state index >= 15 is 0 Å². The molecule has 10 heteroatoms. The number of benzene rings is 2. The molecule has 0 bridgehead atoms. The molecule has 3 amide bonds. The van der Waals surface area contributed by atoms with Crippen LogP contribution < -0.4 is 16.0 Å². The summed E-state index contributed by atoms with van der Waals surface area (Å²) < 4.78 is 0. The summed E-state index contributed by atoms with van der Waals surface area (Å²) in [5.41, 5.74) is 9.28. The zero-order valence-corrected chi connectivity index (χ0v) is 16.5. The van der Waals surface area contributed by atoms with E-state index in [-0.39, 0.29) is 12.4 Å². The zero-order valence-electron chi connectivity index (χ0n) is 16.5. The first-order valence-corrected chi connectivity index (χ1v) is 9.35. The van der Waals surface area contributed by atoms with E-state index in [1.54, 1.807) is 55.7 Å². The van der Waals surface area contributed by atoms with Gasteiger partial charge in [-0.15, -0.1) is 11.0 Å². The standard InChI is InChI=1S/C21H18N8O2/c1-2-3-10-25-28-27-19(22)14-6-4-13(5-7-14)18-20(30)26-21(31)29(18)15-8-9-16-17(11-15)24-12-23-16/h4-9,11-12,18H,10H2,1H3,(H,23,24)(H2,22,25,27)(H,26,30,31). The predicted molar refractivity (Wildman–Crippen MR) is 115 cm³/mol. The largest absolute Gasteiger partial charge is 0.382 e. The van der Waals surface area contributed by atoms with Crippen LogP contribution in [0.2, 0.25) is 0 Å². The first kappa shape index (κ1) is 19.8. The molecule has 1 atom stereocenters. The molecular weight excluding hydrogens is 396 g/mol. The molecule has 0 aliphatic carbocycles. The fourth-order valence-corrected chi connectivity index (χ4v) is 3.23. The van der Waals surface area contributed by atoms with Crippen LogP contribution in [0.4, 0.5) is 10.5 Å². The second-order valence-corrected chi connectivity index (χ2v) is 6.59. The van der Waals surface area contributed by atoms with Crippen LogP contribution in [0, 0.1) is 11.8 Å². The third-order valence-electron chi connectivity index (χ3n) is 4.70. The van der Waals surface area contributed by atoms with Gasteiger partial charge in [0.25, 0.3) is 5.91 Å². The molecule has 2 aromatic carbocycles. The molecule has 0 radical (unpaired) electrons. The number of fused-ring (bicyclic) bond motifs is 1. The fourth-order valence-electron chi connectivity index (χ4n) is 3.23. The predicted octanol–water partition coefficient (Wildman–Crippen LogP) is 2.46. The highest BCUT2D eigenvalue weighted by Crippen LogP contribution is 2.32. The number of imidazole rings is 1. The van der Waals surface area contributed by atoms with Crippen molar-refractivity contribution in [1.82, 2.24) is 15.3 Å². The Labute approximate surface area is 177 Å². The number of amides is 3. The van der Waals surface area contributed by atoms with Crippen LogP contribution in [-0.2, 0) is 4.79 Å². The van der Waals surface area contributed by atoms with E-state index in [0.29, 0.717) is 16.8 Å². The SMILES string of the molecule is CC#CCN=NN=C(N)c1ccc(C2C(=O)NC(=O)N2c2ccc3nc[nH]c3c2)cc1. The number of urea groups is 1. The second kappa shape index (κ2) is 8.46. The van der Waals surface area contributed by atoms with Gasteiger partial charge in [0.15, 0.2) is 5.84 Å². The van der Waals surface area contributed by atoms with Crippen LogP contribution in [0.5, 0.6) is 0 Å². The molecule has 4 rings (SSSR count). The maximum absolute atomic E-state index is 12.5. The lowest BCUT2D eigenvalue weighted by Gasteiger charge is -2.22. The van der Waals surface area contributed by atoms with Gasteiger partial charge in [0.05, 0.1) is 17.4 Å². The number of carbonyl (C=O) groups excluding carboxylic acids is 2. The van der Waals surface area contributed by atoms with E-state index in [2.05, 4.69) is 42.6 Å². The van der Waals surface area contributed by atoms with Gasteiger partial charge < -0.3 is 10.7 Å². The van der Waals surface area contributed by atoms with Gasteiger partial charge in [-0.1, -0.05) is 30.2 Å². The van der Waals surface area contributed by atoms with Crippen LogP contribution in [0.1, 0.15) is 24.1 Å². The van der Waals surface area contributed by atoms with Gasteiger partial charge in [-0.3, -0.25) is 15.0 Å². The first-order chi connectivity index (χ1) is 15.1. The van der Waals surface area contributed by atoms with Crippen molar-refractivity contribution in [3.05, 3.63) is 59.9 Å². The molecule has 3 aromatic rings. The number of rotatable bonds is 5. The number of amidine groups is 1. The Morgan fingerprint density at radius 2 is 2.03 bits per heavy atom. The summed E-state index contributed by atoms with van der Waals surface area (Å²) in [5.74, 6) is 5.21. The molecular formula is C21H18N8O2. The van der Waals surface area contributed by atoms with Crippen molar-refractivity contribution in [2.24, 2.45) is 21.2 Å². The minimum atomic E-state index is -0.813. The maximum Gasteiger partial charge on any atom is 0.329 e. The van der Waals surface area contributed by atoms with Gasteiger partial charge in [-0.2, -0.15) is 5.11 Å². The molecule has 1 fully saturated rings. The molecule has 31 heavy (non-hydrogen) atoms. The van der Waals surface area contributed by atoms with E-state index in [1.165, 1.54) is 4.90 Å². The van der Waals surface area contributed by atoms with Crippen LogP contribution in [0.3, 0.4) is 0 Å². The number of aromatic nitrogens is 2. The van der Waals surface area contributed by atoms with Crippen molar-refractivity contribution < 1.29 is 9.59 Å². The smallest absolute Gasteiger partial charge is 0.329 e. The number of nitrogens with two attached hydrogens (primary N) is 1. The third kappa shape index (κ3) is 3.97.